The van der Waals surface area contributed by atoms with Gasteiger partial charge >= 0.3 is 0 Å². The maximum absolute atomic E-state index is 4.48. The molecule has 5 rings (SSSR count). The summed E-state index contributed by atoms with van der Waals surface area (Å²) in [5.74, 6) is 0. The predicted molar refractivity (Wildman–Crippen MR) is 88.8 cm³/mol. The number of aromatic nitrogens is 6. The highest BCUT2D eigenvalue weighted by Gasteiger charge is 2.12. The lowest BCUT2D eigenvalue weighted by molar-refractivity contribution is 1.09. The molecule has 23 heavy (non-hydrogen) atoms. The minimum atomic E-state index is 0.904. The van der Waals surface area contributed by atoms with Crippen molar-refractivity contribution in [3.63, 3.8) is 0 Å². The summed E-state index contributed by atoms with van der Waals surface area (Å²) >= 11 is 0. The van der Waals surface area contributed by atoms with Gasteiger partial charge in [-0.05, 0) is 29.8 Å². The van der Waals surface area contributed by atoms with Gasteiger partial charge in [0.1, 0.15) is 5.69 Å². The van der Waals surface area contributed by atoms with Crippen molar-refractivity contribution in [1.82, 2.24) is 30.4 Å². The first-order chi connectivity index (χ1) is 11.4. The Balaban J connectivity index is 1.73. The topological polar surface area (TPSA) is 86.0 Å². The molecule has 4 aromatic heterocycles. The Bertz CT molecular complexity index is 1080. The second-order valence-corrected chi connectivity index (χ2v) is 5.47. The predicted octanol–water partition coefficient (Wildman–Crippen LogP) is 3.50. The number of pyridine rings is 1. The van der Waals surface area contributed by atoms with E-state index in [0.717, 1.165) is 44.3 Å². The van der Waals surface area contributed by atoms with Crippen molar-refractivity contribution in [2.24, 2.45) is 0 Å². The standard InChI is InChI=1S/C17H12N6/c1-2-15-13(5-10(1)12-8-19-20-9-12)17(23-22-15)16-6-11-7-18-4-3-14(11)21-16/h1-9,21H,(H,19,20)(H,22,23). The van der Waals surface area contributed by atoms with Gasteiger partial charge in [0.25, 0.3) is 0 Å². The second kappa shape index (κ2) is 4.54. The summed E-state index contributed by atoms with van der Waals surface area (Å²) in [5, 5.41) is 16.6. The van der Waals surface area contributed by atoms with Crippen LogP contribution >= 0.6 is 0 Å². The van der Waals surface area contributed by atoms with Gasteiger partial charge in [-0.1, -0.05) is 6.07 Å². The van der Waals surface area contributed by atoms with Gasteiger partial charge in [0, 0.05) is 40.4 Å². The molecule has 0 unspecified atom stereocenters. The van der Waals surface area contributed by atoms with Crippen molar-refractivity contribution >= 4 is 21.8 Å². The quantitative estimate of drug-likeness (QED) is 0.466. The van der Waals surface area contributed by atoms with Gasteiger partial charge in [-0.25, -0.2) is 0 Å². The Morgan fingerprint density at radius 2 is 1.91 bits per heavy atom. The van der Waals surface area contributed by atoms with Crippen LogP contribution in [0, 0.1) is 0 Å². The Morgan fingerprint density at radius 3 is 2.78 bits per heavy atom. The van der Waals surface area contributed by atoms with E-state index in [1.165, 1.54) is 0 Å². The van der Waals surface area contributed by atoms with Crippen LogP contribution in [0.5, 0.6) is 0 Å². The molecule has 110 valence electrons. The van der Waals surface area contributed by atoms with E-state index in [2.05, 4.69) is 48.6 Å². The average molecular weight is 300 g/mol. The molecule has 4 heterocycles. The van der Waals surface area contributed by atoms with Crippen LogP contribution in [0.3, 0.4) is 0 Å². The van der Waals surface area contributed by atoms with Crippen molar-refractivity contribution in [1.29, 1.82) is 0 Å². The average Bonchev–Trinajstić information content (AvgIpc) is 3.32. The Kier molecular flexibility index (Phi) is 2.40. The minimum absolute atomic E-state index is 0.904. The summed E-state index contributed by atoms with van der Waals surface area (Å²) in [6.45, 7) is 0. The maximum Gasteiger partial charge on any atom is 0.116 e. The molecule has 0 saturated carbocycles. The zero-order valence-corrected chi connectivity index (χ0v) is 12.0. The van der Waals surface area contributed by atoms with Crippen LogP contribution in [0.2, 0.25) is 0 Å². The van der Waals surface area contributed by atoms with Gasteiger partial charge in [-0.15, -0.1) is 0 Å². The van der Waals surface area contributed by atoms with Crippen LogP contribution < -0.4 is 0 Å². The number of H-pyrrole nitrogens is 3. The Morgan fingerprint density at radius 1 is 0.913 bits per heavy atom. The van der Waals surface area contributed by atoms with Crippen molar-refractivity contribution in [2.75, 3.05) is 0 Å². The van der Waals surface area contributed by atoms with E-state index < -0.39 is 0 Å². The van der Waals surface area contributed by atoms with Gasteiger partial charge in [0.15, 0.2) is 0 Å². The van der Waals surface area contributed by atoms with Crippen LogP contribution in [0.1, 0.15) is 0 Å². The van der Waals surface area contributed by atoms with E-state index in [4.69, 9.17) is 0 Å². The number of nitrogens with zero attached hydrogens (tertiary/aromatic N) is 3. The lowest BCUT2D eigenvalue weighted by Gasteiger charge is -1.99. The third kappa shape index (κ3) is 1.85. The highest BCUT2D eigenvalue weighted by Crippen LogP contribution is 2.31. The number of fused-ring (bicyclic) bond motifs is 2. The molecule has 3 N–H and O–H groups in total. The molecule has 6 nitrogen and oxygen atoms in total. The zero-order chi connectivity index (χ0) is 15.2. The van der Waals surface area contributed by atoms with Gasteiger partial charge < -0.3 is 4.98 Å². The molecule has 5 aromatic rings. The maximum atomic E-state index is 4.48. The number of benzene rings is 1. The fourth-order valence-electron chi connectivity index (χ4n) is 2.91. The molecule has 0 fully saturated rings. The lowest BCUT2D eigenvalue weighted by Crippen LogP contribution is -1.79. The van der Waals surface area contributed by atoms with E-state index in [1.807, 2.05) is 30.7 Å². The highest BCUT2D eigenvalue weighted by molar-refractivity contribution is 5.97. The first kappa shape index (κ1) is 12.2. The third-order valence-corrected chi connectivity index (χ3v) is 4.07. The molecule has 0 aliphatic heterocycles. The third-order valence-electron chi connectivity index (χ3n) is 4.07. The fourth-order valence-corrected chi connectivity index (χ4v) is 2.91. The first-order valence-corrected chi connectivity index (χ1v) is 7.29. The van der Waals surface area contributed by atoms with Crippen LogP contribution in [0.25, 0.3) is 44.3 Å². The van der Waals surface area contributed by atoms with Crippen molar-refractivity contribution < 1.29 is 0 Å². The summed E-state index contributed by atoms with van der Waals surface area (Å²) in [4.78, 5) is 7.56. The number of rotatable bonds is 2. The SMILES string of the molecule is c1cc2[nH]c(-c3n[nH]c4ccc(-c5cn[nH]c5)cc34)cc2cn1. The van der Waals surface area contributed by atoms with E-state index in [0.29, 0.717) is 0 Å². The van der Waals surface area contributed by atoms with E-state index in [9.17, 15) is 0 Å². The number of hydrogen-bond acceptors (Lipinski definition) is 3. The molecule has 0 amide bonds. The van der Waals surface area contributed by atoms with Crippen molar-refractivity contribution in [3.8, 4) is 22.5 Å². The highest BCUT2D eigenvalue weighted by atomic mass is 15.1. The van der Waals surface area contributed by atoms with Gasteiger partial charge in [0.2, 0.25) is 0 Å². The monoisotopic (exact) mass is 300 g/mol. The summed E-state index contributed by atoms with van der Waals surface area (Å²) in [7, 11) is 0. The zero-order valence-electron chi connectivity index (χ0n) is 12.0. The molecule has 0 spiro atoms. The second-order valence-electron chi connectivity index (χ2n) is 5.47. The molecule has 0 radical (unpaired) electrons. The normalized spacial score (nSPS) is 11.5. The summed E-state index contributed by atoms with van der Waals surface area (Å²) in [6, 6.07) is 10.3. The number of aromatic amines is 3. The Labute approximate surface area is 130 Å². The van der Waals surface area contributed by atoms with Crippen molar-refractivity contribution in [3.05, 3.63) is 55.1 Å². The van der Waals surface area contributed by atoms with Gasteiger partial charge in [0.05, 0.1) is 17.4 Å². The van der Waals surface area contributed by atoms with E-state index in [-0.39, 0.29) is 0 Å². The molecule has 0 saturated heterocycles. The molecular weight excluding hydrogens is 288 g/mol. The lowest BCUT2D eigenvalue weighted by atomic mass is 10.1. The summed E-state index contributed by atoms with van der Waals surface area (Å²) in [5.41, 5.74) is 6.10. The van der Waals surface area contributed by atoms with Crippen molar-refractivity contribution in [2.45, 2.75) is 0 Å². The van der Waals surface area contributed by atoms with E-state index >= 15 is 0 Å². The fraction of sp³-hybridized carbons (Fsp3) is 0. The minimum Gasteiger partial charge on any atom is -0.353 e. The Hall–Kier alpha value is -3.41. The molecule has 0 aliphatic carbocycles. The largest absolute Gasteiger partial charge is 0.353 e. The van der Waals surface area contributed by atoms with Crippen LogP contribution in [0.4, 0.5) is 0 Å². The molecule has 0 aliphatic rings. The molecule has 0 bridgehead atoms. The smallest absolute Gasteiger partial charge is 0.116 e. The molecule has 6 heteroatoms. The number of nitrogens with one attached hydrogen (secondary N) is 3. The number of hydrogen-bond donors (Lipinski definition) is 3. The summed E-state index contributed by atoms with van der Waals surface area (Å²) < 4.78 is 0. The van der Waals surface area contributed by atoms with Crippen LogP contribution in [-0.4, -0.2) is 30.4 Å². The molecule has 1 aromatic carbocycles. The first-order valence-electron chi connectivity index (χ1n) is 7.29. The molecular formula is C17H12N6. The van der Waals surface area contributed by atoms with Crippen LogP contribution in [-0.2, 0) is 0 Å². The van der Waals surface area contributed by atoms with Gasteiger partial charge in [-0.3, -0.25) is 15.2 Å². The summed E-state index contributed by atoms with van der Waals surface area (Å²) in [6.07, 6.45) is 7.33. The van der Waals surface area contributed by atoms with E-state index in [1.54, 1.807) is 6.20 Å². The van der Waals surface area contributed by atoms with Gasteiger partial charge in [-0.2, -0.15) is 10.2 Å². The van der Waals surface area contributed by atoms with Crippen LogP contribution in [0.15, 0.2) is 55.1 Å². The molecule has 0 atom stereocenters.